The van der Waals surface area contributed by atoms with Crippen LogP contribution < -0.4 is 5.32 Å². The van der Waals surface area contributed by atoms with Crippen molar-refractivity contribution in [1.82, 2.24) is 39.3 Å². The molecular weight excluding hydrogens is 447 g/mol. The van der Waals surface area contributed by atoms with Gasteiger partial charge in [-0.2, -0.15) is 13.2 Å². The lowest BCUT2D eigenvalue weighted by Crippen LogP contribution is -2.32. The number of rotatable bonds is 5. The molecule has 0 fully saturated rings. The summed E-state index contributed by atoms with van der Waals surface area (Å²) in [6.45, 7) is 7.37. The molecule has 0 radical (unpaired) electrons. The highest BCUT2D eigenvalue weighted by Gasteiger charge is 2.32. The Bertz CT molecular complexity index is 1320. The topological polar surface area (TPSA) is 99.2 Å². The highest BCUT2D eigenvalue weighted by molar-refractivity contribution is 5.86. The Labute approximate surface area is 193 Å². The van der Waals surface area contributed by atoms with E-state index in [0.29, 0.717) is 41.5 Å². The number of anilines is 1. The molecule has 0 spiro atoms. The summed E-state index contributed by atoms with van der Waals surface area (Å²) < 4.78 is 42.8. The van der Waals surface area contributed by atoms with Gasteiger partial charge in [-0.05, 0) is 25.5 Å². The molecule has 34 heavy (non-hydrogen) atoms. The van der Waals surface area contributed by atoms with Gasteiger partial charge in [0.25, 0.3) is 0 Å². The summed E-state index contributed by atoms with van der Waals surface area (Å²) in [5.74, 6) is 3.30. The van der Waals surface area contributed by atoms with Crippen LogP contribution in [0.1, 0.15) is 50.5 Å². The van der Waals surface area contributed by atoms with E-state index in [4.69, 9.17) is 4.98 Å². The fraction of sp³-hybridized carbons (Fsp3) is 0.455. The van der Waals surface area contributed by atoms with Crippen LogP contribution in [-0.4, -0.2) is 45.3 Å². The van der Waals surface area contributed by atoms with Crippen LogP contribution in [-0.2, 0) is 25.7 Å². The van der Waals surface area contributed by atoms with Crippen LogP contribution in [0.5, 0.6) is 0 Å². The molecule has 9 nitrogen and oxygen atoms in total. The molecule has 12 heteroatoms. The van der Waals surface area contributed by atoms with E-state index in [-0.39, 0.29) is 12.0 Å². The van der Waals surface area contributed by atoms with Crippen molar-refractivity contribution in [3.63, 3.8) is 0 Å². The number of nitrogens with zero attached hydrogens (tertiary/aromatic N) is 8. The summed E-state index contributed by atoms with van der Waals surface area (Å²) in [5, 5.41) is 12.2. The Morgan fingerprint density at radius 3 is 2.65 bits per heavy atom. The molecule has 1 aliphatic rings. The standard InChI is InChI=1S/C22H24F3N9/c1-4-33-20(13-5-7-15(26-9-13)22(23,24)25)30-17-18(27-11-28-21(17)33)29-14-6-8-16-31-32-19(12(2)3)34(16)10-14/h5,7,9,11-12,14H,4,6,8,10H2,1-3H3,(H,27,28,29). The Morgan fingerprint density at radius 1 is 1.15 bits per heavy atom. The van der Waals surface area contributed by atoms with Gasteiger partial charge in [0.05, 0.1) is 0 Å². The van der Waals surface area contributed by atoms with Crippen LogP contribution in [0.25, 0.3) is 22.6 Å². The Hall–Kier alpha value is -3.57. The van der Waals surface area contributed by atoms with Gasteiger partial charge in [0.15, 0.2) is 17.0 Å². The first-order valence-corrected chi connectivity index (χ1v) is 11.2. The molecule has 4 aromatic rings. The van der Waals surface area contributed by atoms with Crippen molar-refractivity contribution in [2.75, 3.05) is 5.32 Å². The number of nitrogens with one attached hydrogen (secondary N) is 1. The molecule has 0 amide bonds. The molecule has 5 heterocycles. The zero-order valence-corrected chi connectivity index (χ0v) is 19.0. The van der Waals surface area contributed by atoms with E-state index < -0.39 is 11.9 Å². The van der Waals surface area contributed by atoms with Gasteiger partial charge in [-0.1, -0.05) is 13.8 Å². The summed E-state index contributed by atoms with van der Waals surface area (Å²) >= 11 is 0. The van der Waals surface area contributed by atoms with Crippen LogP contribution in [0, 0.1) is 0 Å². The zero-order valence-electron chi connectivity index (χ0n) is 19.0. The summed E-state index contributed by atoms with van der Waals surface area (Å²) in [5.41, 5.74) is 0.715. The van der Waals surface area contributed by atoms with Crippen molar-refractivity contribution in [1.29, 1.82) is 0 Å². The van der Waals surface area contributed by atoms with Crippen LogP contribution >= 0.6 is 0 Å². The fourth-order valence-electron chi connectivity index (χ4n) is 4.34. The van der Waals surface area contributed by atoms with E-state index in [2.05, 4.69) is 48.9 Å². The monoisotopic (exact) mass is 471 g/mol. The van der Waals surface area contributed by atoms with Gasteiger partial charge in [-0.15, -0.1) is 10.2 Å². The van der Waals surface area contributed by atoms with Crippen molar-refractivity contribution in [2.45, 2.75) is 64.8 Å². The maximum absolute atomic E-state index is 12.9. The van der Waals surface area contributed by atoms with Crippen molar-refractivity contribution < 1.29 is 13.2 Å². The predicted molar refractivity (Wildman–Crippen MR) is 119 cm³/mol. The van der Waals surface area contributed by atoms with Crippen LogP contribution in [0.15, 0.2) is 24.7 Å². The number of pyridine rings is 1. The minimum absolute atomic E-state index is 0.0991. The van der Waals surface area contributed by atoms with Gasteiger partial charge in [-0.25, -0.2) is 15.0 Å². The summed E-state index contributed by atoms with van der Waals surface area (Å²) in [7, 11) is 0. The Kier molecular flexibility index (Phi) is 5.45. The number of hydrogen-bond donors (Lipinski definition) is 1. The van der Waals surface area contributed by atoms with E-state index in [1.54, 1.807) is 0 Å². The van der Waals surface area contributed by atoms with Crippen LogP contribution in [0.4, 0.5) is 19.0 Å². The molecule has 0 saturated heterocycles. The molecule has 178 valence electrons. The normalized spacial score (nSPS) is 16.3. The third-order valence-electron chi connectivity index (χ3n) is 5.99. The van der Waals surface area contributed by atoms with E-state index in [9.17, 15) is 13.2 Å². The number of aromatic nitrogens is 8. The predicted octanol–water partition coefficient (Wildman–Crippen LogP) is 4.07. The first-order valence-electron chi connectivity index (χ1n) is 11.2. The number of halogens is 3. The molecular formula is C22H24F3N9. The quantitative estimate of drug-likeness (QED) is 0.468. The van der Waals surface area contributed by atoms with Crippen molar-refractivity contribution in [3.05, 3.63) is 42.0 Å². The second-order valence-electron chi connectivity index (χ2n) is 8.62. The lowest BCUT2D eigenvalue weighted by atomic mass is 10.1. The lowest BCUT2D eigenvalue weighted by molar-refractivity contribution is -0.141. The van der Waals surface area contributed by atoms with Gasteiger partial charge >= 0.3 is 6.18 Å². The van der Waals surface area contributed by atoms with E-state index in [0.717, 1.165) is 30.6 Å². The second-order valence-corrected chi connectivity index (χ2v) is 8.62. The average Bonchev–Trinajstić information content (AvgIpc) is 3.40. The molecule has 0 aromatic carbocycles. The van der Waals surface area contributed by atoms with Gasteiger partial charge in [0, 0.05) is 43.2 Å². The highest BCUT2D eigenvalue weighted by atomic mass is 19.4. The smallest absolute Gasteiger partial charge is 0.364 e. The van der Waals surface area contributed by atoms with E-state index in [1.807, 2.05) is 11.5 Å². The largest absolute Gasteiger partial charge is 0.433 e. The van der Waals surface area contributed by atoms with Crippen LogP contribution in [0.2, 0.25) is 0 Å². The summed E-state index contributed by atoms with van der Waals surface area (Å²) in [6, 6.07) is 2.44. The number of hydrogen-bond acceptors (Lipinski definition) is 7. The molecule has 0 aliphatic carbocycles. The second kappa shape index (κ2) is 8.33. The average molecular weight is 471 g/mol. The van der Waals surface area contributed by atoms with Crippen molar-refractivity contribution >= 4 is 17.0 Å². The SMILES string of the molecule is CCn1c(-c2ccc(C(F)(F)F)nc2)nc2c(NC3CCc4nnc(C(C)C)n4C3)ncnc21. The van der Waals surface area contributed by atoms with Crippen LogP contribution in [0.3, 0.4) is 0 Å². The minimum atomic E-state index is -4.49. The molecule has 1 N–H and O–H groups in total. The van der Waals surface area contributed by atoms with Gasteiger partial charge < -0.3 is 14.5 Å². The molecule has 4 aromatic heterocycles. The third kappa shape index (κ3) is 3.86. The maximum Gasteiger partial charge on any atom is 0.433 e. The van der Waals surface area contributed by atoms with E-state index >= 15 is 0 Å². The van der Waals surface area contributed by atoms with Gasteiger partial charge in [0.1, 0.15) is 29.5 Å². The summed E-state index contributed by atoms with van der Waals surface area (Å²) in [6.07, 6.45) is -0.159. The third-order valence-corrected chi connectivity index (χ3v) is 5.99. The number of fused-ring (bicyclic) bond motifs is 2. The zero-order chi connectivity index (χ0) is 24.0. The molecule has 1 atom stereocenters. The lowest BCUT2D eigenvalue weighted by Gasteiger charge is -2.26. The number of imidazole rings is 1. The first kappa shape index (κ1) is 22.2. The van der Waals surface area contributed by atoms with Gasteiger partial charge in [0.2, 0.25) is 0 Å². The molecule has 1 aliphatic heterocycles. The highest BCUT2D eigenvalue weighted by Crippen LogP contribution is 2.31. The molecule has 5 rings (SSSR count). The van der Waals surface area contributed by atoms with E-state index in [1.165, 1.54) is 18.6 Å². The maximum atomic E-state index is 12.9. The van der Waals surface area contributed by atoms with Crippen molar-refractivity contribution in [2.24, 2.45) is 0 Å². The Morgan fingerprint density at radius 2 is 1.97 bits per heavy atom. The number of aryl methyl sites for hydroxylation is 2. The molecule has 0 bridgehead atoms. The molecule has 1 unspecified atom stereocenters. The minimum Gasteiger partial charge on any atom is -0.364 e. The number of alkyl halides is 3. The Balaban J connectivity index is 1.48. The fourth-order valence-corrected chi connectivity index (χ4v) is 4.34. The molecule has 0 saturated carbocycles. The van der Waals surface area contributed by atoms with Crippen molar-refractivity contribution in [3.8, 4) is 11.4 Å². The van der Waals surface area contributed by atoms with Gasteiger partial charge in [-0.3, -0.25) is 4.98 Å². The summed E-state index contributed by atoms with van der Waals surface area (Å²) in [4.78, 5) is 17.1. The first-order chi connectivity index (χ1) is 16.3.